The van der Waals surface area contributed by atoms with Gasteiger partial charge < -0.3 is 19.0 Å². The predicted molar refractivity (Wildman–Crippen MR) is 609 cm³/mol. The van der Waals surface area contributed by atoms with Crippen LogP contribution in [0.4, 0.5) is 20.7 Å². The first-order chi connectivity index (χ1) is 61.5. The number of halogens is 2. The van der Waals surface area contributed by atoms with Crippen molar-refractivity contribution in [2.24, 2.45) is 0 Å². The van der Waals surface area contributed by atoms with Gasteiger partial charge in [0.05, 0.1) is 190 Å². The molecule has 2 heterocycles. The Kier molecular flexibility index (Phi) is 110. The van der Waals surface area contributed by atoms with Gasteiger partial charge in [-0.3, -0.25) is 19.2 Å². The summed E-state index contributed by atoms with van der Waals surface area (Å²) < 4.78 is 337. The van der Waals surface area contributed by atoms with E-state index in [1.165, 1.54) is 68.7 Å². The summed E-state index contributed by atoms with van der Waals surface area (Å²) in [6, 6.07) is 11.2. The highest BCUT2D eigenvalue weighted by Gasteiger charge is 2.40. The molecule has 0 bridgehead atoms. The molecule has 2 aromatic heterocycles. The fraction of sp³-hybridized carbons (Fsp3) is 0.517. The van der Waals surface area contributed by atoms with E-state index in [1.807, 2.05) is 41.5 Å². The van der Waals surface area contributed by atoms with Crippen LogP contribution in [0.25, 0.3) is 34.7 Å². The molecule has 64 heteroatoms. The molecule has 0 amide bonds. The Morgan fingerprint density at radius 1 is 0.484 bits per heavy atom. The number of carbonyl (C=O) groups is 4. The van der Waals surface area contributed by atoms with Crippen LogP contribution in [0.3, 0.4) is 0 Å². The molecule has 0 aliphatic carbocycles. The number of aromatic nitrogens is 4. The lowest BCUT2D eigenvalue weighted by molar-refractivity contribution is -0.147. The summed E-state index contributed by atoms with van der Waals surface area (Å²) in [5.41, 5.74) is 3.64. The molecule has 18 nitrogen and oxygen atoms in total. The monoisotopic (exact) mass is 1760 g/mol. The molecule has 122 heavy (non-hydrogen) atoms. The minimum absolute atomic E-state index is 0. The number of allylic oxidation sites excluding steroid dienone is 2. The van der Waals surface area contributed by atoms with Crippen LogP contribution >= 0.6 is 0 Å². The lowest BCUT2D eigenvalue weighted by Gasteiger charge is -2.39. The Bertz CT molecular complexity index is 3860. The van der Waals surface area contributed by atoms with Crippen molar-refractivity contribution in [2.45, 2.75) is 156 Å². The number of sulfonamides is 2. The maximum absolute atomic E-state index is 13.8. The molecule has 0 fully saturated rings. The molecule has 0 aliphatic rings. The zero-order chi connectivity index (χ0) is 110. The van der Waals surface area contributed by atoms with Crippen LogP contribution in [0.15, 0.2) is 60.7 Å². The third-order valence-corrected chi connectivity index (χ3v) is 20.0. The average molecular weight is 1750 g/mol. The Morgan fingerprint density at radius 3 is 0.959 bits per heavy atom. The lowest BCUT2D eigenvalue weighted by Crippen LogP contribution is -2.45. The Morgan fingerprint density at radius 2 is 0.730 bits per heavy atom. The van der Waals surface area contributed by atoms with Crippen molar-refractivity contribution in [2.75, 3.05) is 48.4 Å². The molecule has 4 aromatic rings. The quantitative estimate of drug-likeness (QED) is 0.0240. The molecular formula is C58H123B41F2N6O12S2Si. The number of unbranched alkanes of at least 4 members (excludes halogenated alkanes) is 2. The van der Waals surface area contributed by atoms with Gasteiger partial charge in [0.1, 0.15) is 11.6 Å². The molecule has 0 saturated carbocycles. The SMILES string of the molecule is CCCCOC(=O)C[C@H](CC(=O)/C=C/c1c(-c2ccc(F)cc2)nc(N(C)S(C)(=O)=O)nc1C(C)C)O[Si](C)(C)C(C)(C)C.CCCCOC(=O)C[C@H](O)CC(=O)/C=C/c1c(-c2ccc(F)cc2)nc(N(C)S(C)(=O)=O)nc1C(C)C.[3H]B([3H])[3H].[3H]B([3H])[3H].[3H]B([3H])[3H].[3H]B([3H])[3H].[3H]B([3H])[3H].[3H]B([3H])[3H].[3H]B([3H])[3H].[3H]B([3H])[3H].[3H]B([3H])[3H].[3H]B([3H])[3H].[3H]B([3H])[3H].[3H]B([3H])[3H].[3H]B([3H])[3H].[3H][B][3H].[B].[B].[B].[B].[B].[B].[B].[B].[B].[B].[B].[B].[B].[B].[B].[B].[B].[B].[B].[B].[B].[B].[B].[B].[B].[B].[B]. The van der Waals surface area contributed by atoms with E-state index in [9.17, 15) is 49.9 Å². The van der Waals surface area contributed by atoms with Crippen LogP contribution in [0, 0.1) is 11.6 Å². The second-order valence-electron chi connectivity index (χ2n) is 21.8. The van der Waals surface area contributed by atoms with Gasteiger partial charge in [0.25, 0.3) is 0 Å². The van der Waals surface area contributed by atoms with Crippen LogP contribution in [0.2, 0.25) is 18.1 Å². The first-order valence-corrected chi connectivity index (χ1v) is 33.5. The molecule has 0 unspecified atom stereocenters. The number of hydrogen-bond acceptors (Lipinski definition) is 16. The molecule has 610 valence electrons. The van der Waals surface area contributed by atoms with Crippen LogP contribution in [-0.4, -0.2) is 524 Å². The zero-order valence-electron chi connectivity index (χ0n) is 114. The van der Waals surface area contributed by atoms with E-state index in [0.717, 1.165) is 46.8 Å². The highest BCUT2D eigenvalue weighted by molar-refractivity contribution is 7.92. The topological polar surface area (TPSA) is 243 Å². The number of ether oxygens (including phenoxy) is 2. The molecule has 0 saturated heterocycles. The van der Waals surface area contributed by atoms with E-state index >= 15 is 0 Å². The largest absolute Gasteiger partial charge is 0.466 e. The minimum atomic E-state index is -3.67. The van der Waals surface area contributed by atoms with E-state index < -0.39 is 178 Å². The minimum Gasteiger partial charge on any atom is -0.466 e. The summed E-state index contributed by atoms with van der Waals surface area (Å²) in [7, 11) is -24.9. The second-order valence-corrected chi connectivity index (χ2v) is 30.6. The third-order valence-electron chi connectivity index (χ3n) is 13.1. The number of benzene rings is 2. The van der Waals surface area contributed by atoms with Gasteiger partial charge in [-0.1, -0.05) is 75.2 Å². The van der Waals surface area contributed by atoms with Crippen LogP contribution < -0.4 is 8.61 Å². The molecule has 4 rings (SSSR count). The zero-order valence-corrected chi connectivity index (χ0v) is 75.8. The number of rotatable bonds is 28. The van der Waals surface area contributed by atoms with Crippen LogP contribution in [0.1, 0.15) is 148 Å². The smallest absolute Gasteiger partial charge is 0.308 e. The summed E-state index contributed by atoms with van der Waals surface area (Å²) in [6.45, 7) is 22.5. The van der Waals surface area contributed by atoms with Gasteiger partial charge in [0.15, 0.2) is 19.9 Å². The van der Waals surface area contributed by atoms with Crippen molar-refractivity contribution in [3.63, 3.8) is 0 Å². The number of esters is 2. The summed E-state index contributed by atoms with van der Waals surface area (Å²) >= 11 is 0. The fourth-order valence-corrected chi connectivity index (χ4v) is 9.43. The number of hydrogen-bond donors (Lipinski definition) is 1. The van der Waals surface area contributed by atoms with Gasteiger partial charge in [-0.05, 0) is 170 Å². The first-order valence-electron chi connectivity index (χ1n) is 50.6. The first kappa shape index (κ1) is 113. The van der Waals surface area contributed by atoms with Crippen molar-refractivity contribution in [1.82, 2.24) is 19.9 Å². The van der Waals surface area contributed by atoms with Gasteiger partial charge >= 0.3 is 11.9 Å². The number of carbonyl (C=O) groups excluding carboxylic acids is 4. The highest BCUT2D eigenvalue weighted by atomic mass is 32.2. The van der Waals surface area contributed by atoms with Gasteiger partial charge in [-0.15, -0.1) is 0 Å². The third kappa shape index (κ3) is 85.9. The normalized spacial score (nSPS) is 12.0. The Labute approximate surface area is 875 Å². The van der Waals surface area contributed by atoms with E-state index in [2.05, 4.69) is 53.8 Å². The number of anilines is 2. The average Bonchev–Trinajstić information content (AvgIpc) is 0.782. The summed E-state index contributed by atoms with van der Waals surface area (Å²) in [5, 5.41) is 10.0. The predicted octanol–water partition coefficient (Wildman–Crippen LogP) is -15.8. The maximum Gasteiger partial charge on any atom is 0.308 e. The molecule has 0 aliphatic heterocycles. The molecular weight excluding hydrogens is 1550 g/mol. The lowest BCUT2D eigenvalue weighted by atomic mass is 9.97. The van der Waals surface area contributed by atoms with Gasteiger partial charge in [0.2, 0.25) is 31.9 Å². The standard InChI is InChI=1S/C32H48FN3O6SSi.C26H34FN3O6S.13BH3.BH2.27B/c1-11-12-19-41-28(38)21-26(42-44(9,10)32(4,5)6)20-25(37)17-18-27-29(22(2)3)34-31(36(7)43(8,39)40)35-30(27)23-13-15-24(33)16-14-23;1-6-7-14-36-23(33)16-21(32)15-20(31)12-13-22-24(17(2)3)28-26(30(4)37(5,34)35)29-25(22)18-8-10-19(27)11-9-18;;;;;;;;;;;;;;;;;;;;;;;;;;;;;;;;;;;;;;;;;/h13-18,22,26H,11-12,19-21H2,1-10H3;8-13,17,21,32H,6-7,14-16H2,1-5H3;13*1H3;1H2;;;;;;;;;;;;;;;;;;;;;;;;;;;/b18-17+;13-12+;;;;;;;;;;;;;;;;;;;;;;;;;;;;;;;;;;;;;;;;;/t26-;21-;;;;;;;;;;;;;;;;;;;;;;;;;;;;;;;;;;;;;;;;;/m01........................................./s1/i;;13*1T3;1T2;;;;;;;;;;;;;;;;;;;;;;;;;;;. The summed E-state index contributed by atoms with van der Waals surface area (Å²) in [4.78, 5) is 68.4. The van der Waals surface area contributed by atoms with Crippen molar-refractivity contribution in [3.8, 4) is 22.5 Å². The van der Waals surface area contributed by atoms with Gasteiger partial charge in [-0.2, -0.15) is 0 Å². The van der Waals surface area contributed by atoms with E-state index in [0.29, 0.717) is 60.0 Å². The van der Waals surface area contributed by atoms with Crippen LogP contribution in [0.5, 0.6) is 0 Å². The molecule has 2 atom stereocenters. The van der Waals surface area contributed by atoms with Crippen LogP contribution in [-0.2, 0) is 53.1 Å². The van der Waals surface area contributed by atoms with E-state index in [1.54, 1.807) is 18.2 Å². The Hall–Kier alpha value is -3.48. The van der Waals surface area contributed by atoms with Crippen molar-refractivity contribution < 1.29 is 63.8 Å². The molecule has 2 aromatic carbocycles. The number of ketones is 2. The fourth-order valence-electron chi connectivity index (χ4n) is 7.31. The molecule has 82 radical (unpaired) electrons. The number of nitrogens with zero attached hydrogens (tertiary/aromatic N) is 6. The van der Waals surface area contributed by atoms with Crippen molar-refractivity contribution in [1.29, 1.82) is 54.8 Å². The summed E-state index contributed by atoms with van der Waals surface area (Å²) in [5.74, 6) is -3.04. The van der Waals surface area contributed by atoms with Crippen molar-refractivity contribution in [3.05, 3.63) is 94.8 Å². The highest BCUT2D eigenvalue weighted by Crippen LogP contribution is 2.39. The number of aliphatic hydroxyl groups excluding tert-OH is 1. The van der Waals surface area contributed by atoms with Gasteiger partial charge in [0, 0.05) is 276 Å². The summed E-state index contributed by atoms with van der Waals surface area (Å²) in [6.07, 6.45) is 8.55. The Balaban J connectivity index is -0.0000000314. The molecule has 0 spiro atoms. The second kappa shape index (κ2) is 120. The van der Waals surface area contributed by atoms with Crippen molar-refractivity contribution >= 4 is 419 Å². The maximum atomic E-state index is 13.8. The van der Waals surface area contributed by atoms with Gasteiger partial charge in [-0.25, -0.2) is 54.2 Å². The van der Waals surface area contributed by atoms with E-state index in [4.69, 9.17) is 68.7 Å². The number of aliphatic hydroxyl groups is 1. The molecule has 1 N–H and O–H groups in total. The van der Waals surface area contributed by atoms with E-state index in [-0.39, 0.29) is 294 Å².